The van der Waals surface area contributed by atoms with Gasteiger partial charge in [-0.3, -0.25) is 4.79 Å². The highest BCUT2D eigenvalue weighted by atomic mass is 19.1. The van der Waals surface area contributed by atoms with Gasteiger partial charge < -0.3 is 10.1 Å². The second-order valence-electron chi connectivity index (χ2n) is 5.37. The van der Waals surface area contributed by atoms with E-state index in [1.165, 1.54) is 18.2 Å². The van der Waals surface area contributed by atoms with Crippen molar-refractivity contribution >= 4 is 5.91 Å². The van der Waals surface area contributed by atoms with Gasteiger partial charge in [0, 0.05) is 12.1 Å². The zero-order chi connectivity index (χ0) is 15.9. The van der Waals surface area contributed by atoms with E-state index in [0.717, 1.165) is 11.1 Å². The van der Waals surface area contributed by atoms with Crippen LogP contribution in [0.5, 0.6) is 0 Å². The Balaban J connectivity index is 1.93. The monoisotopic (exact) mass is 301 g/mol. The molecule has 4 heteroatoms. The third-order valence-corrected chi connectivity index (χ3v) is 3.11. The first-order valence-corrected chi connectivity index (χ1v) is 7.28. The predicted molar refractivity (Wildman–Crippen MR) is 83.9 cm³/mol. The Hall–Kier alpha value is -2.20. The van der Waals surface area contributed by atoms with E-state index in [1.807, 2.05) is 38.1 Å². The average Bonchev–Trinajstić information content (AvgIpc) is 2.51. The number of benzene rings is 2. The lowest BCUT2D eigenvalue weighted by Gasteiger charge is -2.10. The fourth-order valence-electron chi connectivity index (χ4n) is 2.01. The fraction of sp³-hybridized carbons (Fsp3) is 0.278. The largest absolute Gasteiger partial charge is 0.374 e. The SMILES string of the molecule is CC(C)OCc1cccc(CNC(=O)c2cccc(F)c2)c1. The van der Waals surface area contributed by atoms with E-state index in [0.29, 0.717) is 18.7 Å². The smallest absolute Gasteiger partial charge is 0.251 e. The van der Waals surface area contributed by atoms with Crippen LogP contribution < -0.4 is 5.32 Å². The van der Waals surface area contributed by atoms with Gasteiger partial charge in [-0.05, 0) is 43.2 Å². The summed E-state index contributed by atoms with van der Waals surface area (Å²) in [5.41, 5.74) is 2.36. The second kappa shape index (κ2) is 7.71. The minimum Gasteiger partial charge on any atom is -0.374 e. The van der Waals surface area contributed by atoms with Gasteiger partial charge in [-0.25, -0.2) is 4.39 Å². The Morgan fingerprint density at radius 3 is 2.59 bits per heavy atom. The average molecular weight is 301 g/mol. The van der Waals surface area contributed by atoms with E-state index >= 15 is 0 Å². The van der Waals surface area contributed by atoms with E-state index in [-0.39, 0.29) is 12.0 Å². The van der Waals surface area contributed by atoms with Gasteiger partial charge in [-0.15, -0.1) is 0 Å². The maximum Gasteiger partial charge on any atom is 0.251 e. The molecule has 0 saturated heterocycles. The van der Waals surface area contributed by atoms with Crippen LogP contribution in [-0.4, -0.2) is 12.0 Å². The number of carbonyl (C=O) groups is 1. The van der Waals surface area contributed by atoms with Crippen molar-refractivity contribution in [2.75, 3.05) is 0 Å². The molecule has 2 aromatic carbocycles. The number of hydrogen-bond acceptors (Lipinski definition) is 2. The molecule has 0 bridgehead atoms. The van der Waals surface area contributed by atoms with Crippen molar-refractivity contribution in [3.63, 3.8) is 0 Å². The third-order valence-electron chi connectivity index (χ3n) is 3.11. The van der Waals surface area contributed by atoms with Crippen molar-refractivity contribution in [1.29, 1.82) is 0 Å². The molecule has 0 aliphatic carbocycles. The molecule has 0 aliphatic heterocycles. The molecule has 2 aromatic rings. The van der Waals surface area contributed by atoms with Crippen LogP contribution in [0.3, 0.4) is 0 Å². The molecule has 0 fully saturated rings. The van der Waals surface area contributed by atoms with E-state index in [9.17, 15) is 9.18 Å². The normalized spacial score (nSPS) is 10.7. The first-order valence-electron chi connectivity index (χ1n) is 7.28. The minimum absolute atomic E-state index is 0.177. The van der Waals surface area contributed by atoms with Crippen LogP contribution in [0.15, 0.2) is 48.5 Å². The van der Waals surface area contributed by atoms with Crippen LogP contribution >= 0.6 is 0 Å². The summed E-state index contributed by atoms with van der Waals surface area (Å²) in [7, 11) is 0. The molecule has 0 saturated carbocycles. The van der Waals surface area contributed by atoms with E-state index in [4.69, 9.17) is 4.74 Å². The molecule has 2 rings (SSSR count). The molecule has 1 amide bonds. The van der Waals surface area contributed by atoms with Crippen LogP contribution in [0.1, 0.15) is 35.3 Å². The number of amides is 1. The van der Waals surface area contributed by atoms with Crippen LogP contribution in [0.4, 0.5) is 4.39 Å². The lowest BCUT2D eigenvalue weighted by Crippen LogP contribution is -2.22. The molecule has 0 spiro atoms. The van der Waals surface area contributed by atoms with Crippen LogP contribution in [0.25, 0.3) is 0 Å². The Morgan fingerprint density at radius 2 is 1.86 bits per heavy atom. The lowest BCUT2D eigenvalue weighted by atomic mass is 10.1. The van der Waals surface area contributed by atoms with Gasteiger partial charge in [0.25, 0.3) is 5.91 Å². The Bertz CT molecular complexity index is 640. The molecule has 0 radical (unpaired) electrons. The van der Waals surface area contributed by atoms with Gasteiger partial charge in [0.2, 0.25) is 0 Å². The lowest BCUT2D eigenvalue weighted by molar-refractivity contribution is 0.0657. The zero-order valence-corrected chi connectivity index (χ0v) is 12.8. The van der Waals surface area contributed by atoms with Crippen molar-refractivity contribution in [3.05, 3.63) is 71.0 Å². The first-order chi connectivity index (χ1) is 10.5. The molecule has 22 heavy (non-hydrogen) atoms. The number of rotatable bonds is 6. The van der Waals surface area contributed by atoms with E-state index in [1.54, 1.807) is 6.07 Å². The Morgan fingerprint density at radius 1 is 1.14 bits per heavy atom. The maximum absolute atomic E-state index is 13.1. The molecule has 0 heterocycles. The predicted octanol–water partition coefficient (Wildman–Crippen LogP) is 3.68. The van der Waals surface area contributed by atoms with Crippen LogP contribution in [-0.2, 0) is 17.9 Å². The summed E-state index contributed by atoms with van der Waals surface area (Å²) in [4.78, 5) is 12.0. The highest BCUT2D eigenvalue weighted by molar-refractivity contribution is 5.94. The summed E-state index contributed by atoms with van der Waals surface area (Å²) in [6, 6.07) is 13.5. The first kappa shape index (κ1) is 16.2. The minimum atomic E-state index is -0.416. The maximum atomic E-state index is 13.1. The Kier molecular flexibility index (Phi) is 5.67. The quantitative estimate of drug-likeness (QED) is 0.884. The second-order valence-corrected chi connectivity index (χ2v) is 5.37. The number of nitrogens with one attached hydrogen (secondary N) is 1. The fourth-order valence-corrected chi connectivity index (χ4v) is 2.01. The molecule has 3 nitrogen and oxygen atoms in total. The molecular formula is C18H20FNO2. The Labute approximate surface area is 130 Å². The number of hydrogen-bond donors (Lipinski definition) is 1. The van der Waals surface area contributed by atoms with E-state index in [2.05, 4.69) is 5.32 Å². The van der Waals surface area contributed by atoms with Crippen molar-refractivity contribution in [2.45, 2.75) is 33.1 Å². The summed E-state index contributed by atoms with van der Waals surface area (Å²) < 4.78 is 18.7. The van der Waals surface area contributed by atoms with Crippen molar-refractivity contribution in [1.82, 2.24) is 5.32 Å². The van der Waals surface area contributed by atoms with Crippen LogP contribution in [0.2, 0.25) is 0 Å². The number of ether oxygens (including phenoxy) is 1. The van der Waals surface area contributed by atoms with Gasteiger partial charge in [-0.2, -0.15) is 0 Å². The topological polar surface area (TPSA) is 38.3 Å². The van der Waals surface area contributed by atoms with E-state index < -0.39 is 5.82 Å². The highest BCUT2D eigenvalue weighted by Crippen LogP contribution is 2.09. The zero-order valence-electron chi connectivity index (χ0n) is 12.8. The molecule has 0 unspecified atom stereocenters. The number of carbonyl (C=O) groups excluding carboxylic acids is 1. The molecule has 0 aromatic heterocycles. The molecule has 1 N–H and O–H groups in total. The molecular weight excluding hydrogens is 281 g/mol. The number of halogens is 1. The molecule has 0 aliphatic rings. The summed E-state index contributed by atoms with van der Waals surface area (Å²) >= 11 is 0. The van der Waals surface area contributed by atoms with Crippen LogP contribution in [0, 0.1) is 5.82 Å². The standard InChI is InChI=1S/C18H20FNO2/c1-13(2)22-12-15-6-3-5-14(9-15)11-20-18(21)16-7-4-8-17(19)10-16/h3-10,13H,11-12H2,1-2H3,(H,20,21). The van der Waals surface area contributed by atoms with Gasteiger partial charge in [0.1, 0.15) is 5.82 Å². The summed E-state index contributed by atoms with van der Waals surface area (Å²) in [6.07, 6.45) is 0.177. The van der Waals surface area contributed by atoms with Crippen molar-refractivity contribution < 1.29 is 13.9 Å². The summed E-state index contributed by atoms with van der Waals surface area (Å²) in [6.45, 7) is 4.92. The van der Waals surface area contributed by atoms with Gasteiger partial charge >= 0.3 is 0 Å². The van der Waals surface area contributed by atoms with Gasteiger partial charge in [0.15, 0.2) is 0 Å². The highest BCUT2D eigenvalue weighted by Gasteiger charge is 2.06. The summed E-state index contributed by atoms with van der Waals surface area (Å²) in [5, 5.41) is 2.79. The summed E-state index contributed by atoms with van der Waals surface area (Å²) in [5.74, 6) is -0.705. The van der Waals surface area contributed by atoms with Crippen molar-refractivity contribution in [2.24, 2.45) is 0 Å². The third kappa shape index (κ3) is 4.97. The van der Waals surface area contributed by atoms with Gasteiger partial charge in [0.05, 0.1) is 12.7 Å². The van der Waals surface area contributed by atoms with Crippen molar-refractivity contribution in [3.8, 4) is 0 Å². The van der Waals surface area contributed by atoms with Gasteiger partial charge in [-0.1, -0.05) is 30.3 Å². The molecule has 116 valence electrons. The molecule has 0 atom stereocenters.